The van der Waals surface area contributed by atoms with Crippen LogP contribution in [0.15, 0.2) is 53.6 Å². The zero-order chi connectivity index (χ0) is 29.0. The lowest BCUT2D eigenvalue weighted by atomic mass is 9.82. The first-order valence-electron chi connectivity index (χ1n) is 13.9. The van der Waals surface area contributed by atoms with Gasteiger partial charge >= 0.3 is 6.18 Å². The van der Waals surface area contributed by atoms with Crippen LogP contribution >= 0.6 is 0 Å². The van der Waals surface area contributed by atoms with Gasteiger partial charge in [-0.3, -0.25) is 14.5 Å². The van der Waals surface area contributed by atoms with Gasteiger partial charge < -0.3 is 9.80 Å². The highest BCUT2D eigenvalue weighted by atomic mass is 19.4. The number of rotatable bonds is 6. The number of piperazine rings is 1. The van der Waals surface area contributed by atoms with Crippen LogP contribution in [-0.2, 0) is 9.59 Å². The van der Waals surface area contributed by atoms with E-state index in [4.69, 9.17) is 0 Å². The predicted octanol–water partition coefficient (Wildman–Crippen LogP) is 6.39. The van der Waals surface area contributed by atoms with E-state index in [1.165, 1.54) is 0 Å². The quantitative estimate of drug-likeness (QED) is 0.388. The van der Waals surface area contributed by atoms with Crippen molar-refractivity contribution in [3.8, 4) is 0 Å². The monoisotopic (exact) mass is 547 g/mol. The Bertz CT molecular complexity index is 1050. The molecule has 2 saturated heterocycles. The molecule has 2 heterocycles. The van der Waals surface area contributed by atoms with Crippen molar-refractivity contribution in [3.63, 3.8) is 0 Å². The number of alkyl halides is 3. The number of hydrogen-bond acceptors (Lipinski definition) is 3. The average Bonchev–Trinajstić information content (AvgIpc) is 2.87. The van der Waals surface area contributed by atoms with Crippen LogP contribution in [0, 0.1) is 11.3 Å². The van der Waals surface area contributed by atoms with E-state index < -0.39 is 11.7 Å². The summed E-state index contributed by atoms with van der Waals surface area (Å²) in [6.07, 6.45) is 0.555. The van der Waals surface area contributed by atoms with Gasteiger partial charge in [0, 0.05) is 57.7 Å². The van der Waals surface area contributed by atoms with E-state index in [2.05, 4.69) is 25.7 Å². The molecule has 0 bridgehead atoms. The fraction of sp³-hybridized carbons (Fsp3) is 0.613. The average molecular weight is 548 g/mol. The molecule has 2 atom stereocenters. The number of benzene rings is 1. The molecule has 5 nitrogen and oxygen atoms in total. The molecule has 2 aliphatic heterocycles. The Morgan fingerprint density at radius 2 is 1.56 bits per heavy atom. The maximum atomic E-state index is 13.6. The van der Waals surface area contributed by atoms with Gasteiger partial charge in [-0.15, -0.1) is 0 Å². The molecular formula is C31H44F3N3O2. The fourth-order valence-electron chi connectivity index (χ4n) is 5.73. The summed E-state index contributed by atoms with van der Waals surface area (Å²) in [5.41, 5.74) is 1.03. The number of nitrogens with zero attached hydrogens (tertiary/aromatic N) is 3. The molecule has 1 aromatic carbocycles. The summed E-state index contributed by atoms with van der Waals surface area (Å²) in [4.78, 5) is 31.5. The van der Waals surface area contributed by atoms with Crippen molar-refractivity contribution in [2.75, 3.05) is 32.7 Å². The summed E-state index contributed by atoms with van der Waals surface area (Å²) in [6, 6.07) is 9.63. The Kier molecular flexibility index (Phi) is 10.1. The fourth-order valence-corrected chi connectivity index (χ4v) is 5.73. The zero-order valence-electron chi connectivity index (χ0n) is 24.2. The van der Waals surface area contributed by atoms with E-state index in [0.29, 0.717) is 39.1 Å². The van der Waals surface area contributed by atoms with Crippen LogP contribution in [0.4, 0.5) is 13.2 Å². The highest BCUT2D eigenvalue weighted by molar-refractivity contribution is 5.77. The first-order valence-corrected chi connectivity index (χ1v) is 13.9. The molecule has 216 valence electrons. The van der Waals surface area contributed by atoms with Gasteiger partial charge in [-0.1, -0.05) is 68.8 Å². The van der Waals surface area contributed by atoms with Crippen LogP contribution in [0.1, 0.15) is 72.4 Å². The summed E-state index contributed by atoms with van der Waals surface area (Å²) >= 11 is 0. The van der Waals surface area contributed by atoms with E-state index in [0.717, 1.165) is 37.0 Å². The van der Waals surface area contributed by atoms with Crippen molar-refractivity contribution in [2.45, 2.75) is 79.1 Å². The third-order valence-electron chi connectivity index (χ3n) is 8.21. The lowest BCUT2D eigenvalue weighted by molar-refractivity contribution is -0.141. The Labute approximate surface area is 231 Å². The molecule has 1 unspecified atom stereocenters. The molecule has 39 heavy (non-hydrogen) atoms. The molecule has 0 N–H and O–H groups in total. The molecule has 8 heteroatoms. The van der Waals surface area contributed by atoms with Crippen LogP contribution in [0.25, 0.3) is 0 Å². The molecule has 0 spiro atoms. The van der Waals surface area contributed by atoms with Crippen molar-refractivity contribution in [2.24, 2.45) is 11.3 Å². The van der Waals surface area contributed by atoms with Gasteiger partial charge in [0.25, 0.3) is 0 Å². The molecule has 0 aliphatic carbocycles. The Balaban J connectivity index is 1.81. The van der Waals surface area contributed by atoms with E-state index in [1.807, 2.05) is 47.1 Å². The molecule has 1 aromatic rings. The number of carbonyl (C=O) groups is 2. The number of hydrogen-bond donors (Lipinski definition) is 0. The summed E-state index contributed by atoms with van der Waals surface area (Å²) in [5, 5.41) is 0. The highest BCUT2D eigenvalue weighted by Gasteiger charge is 2.40. The van der Waals surface area contributed by atoms with Gasteiger partial charge in [0.2, 0.25) is 11.8 Å². The van der Waals surface area contributed by atoms with Gasteiger partial charge in [0.05, 0.1) is 6.04 Å². The smallest absolute Gasteiger partial charge is 0.343 e. The van der Waals surface area contributed by atoms with E-state index in [-0.39, 0.29) is 35.2 Å². The Morgan fingerprint density at radius 1 is 0.949 bits per heavy atom. The number of allylic oxidation sites excluding steroid dienone is 3. The maximum Gasteiger partial charge on any atom is 0.412 e. The molecule has 0 aromatic heterocycles. The Hall–Kier alpha value is -2.61. The first-order chi connectivity index (χ1) is 18.2. The summed E-state index contributed by atoms with van der Waals surface area (Å²) in [5.74, 6) is 0.519. The van der Waals surface area contributed by atoms with Crippen LogP contribution < -0.4 is 0 Å². The van der Waals surface area contributed by atoms with E-state index >= 15 is 0 Å². The summed E-state index contributed by atoms with van der Waals surface area (Å²) in [6.45, 7) is 14.2. The third-order valence-corrected chi connectivity index (χ3v) is 8.21. The largest absolute Gasteiger partial charge is 0.412 e. The second-order valence-corrected chi connectivity index (χ2v) is 12.2. The molecule has 2 fully saturated rings. The van der Waals surface area contributed by atoms with E-state index in [1.54, 1.807) is 13.0 Å². The van der Waals surface area contributed by atoms with Gasteiger partial charge in [0.1, 0.15) is 0 Å². The van der Waals surface area contributed by atoms with Crippen molar-refractivity contribution >= 4 is 11.8 Å². The molecular weight excluding hydrogens is 503 g/mol. The predicted molar refractivity (Wildman–Crippen MR) is 149 cm³/mol. The molecule has 2 amide bonds. The lowest BCUT2D eigenvalue weighted by Gasteiger charge is -2.50. The second kappa shape index (κ2) is 12.7. The second-order valence-electron chi connectivity index (χ2n) is 12.2. The molecule has 2 aliphatic rings. The van der Waals surface area contributed by atoms with Gasteiger partial charge in [0.15, 0.2) is 0 Å². The summed E-state index contributed by atoms with van der Waals surface area (Å²) in [7, 11) is 0. The Morgan fingerprint density at radius 3 is 2.10 bits per heavy atom. The van der Waals surface area contributed by atoms with Crippen molar-refractivity contribution in [1.29, 1.82) is 0 Å². The first kappa shape index (κ1) is 30.9. The van der Waals surface area contributed by atoms with Crippen LogP contribution in [-0.4, -0.2) is 71.5 Å². The standard InChI is InChI=1S/C31H44F3N3O2/c1-22(12-13-23(2)31(32,33)34)29(26-10-8-7-9-11-26)36-18-19-37(27(21-36)30(4,5)6)28(39)20-25-14-16-35(17-15-25)24(3)38/h7-13,25,27,29H,14-21H2,1-6H3/b22-12+,23-13+/t27-,29?/m1/s1. The molecule has 3 rings (SSSR count). The third kappa shape index (κ3) is 8.19. The SMILES string of the molecule is CC(=O)N1CCC(CC(=O)N2CCN(C(/C(C)=C/C=C(\C)C(F)(F)F)c3ccccc3)C[C@@H]2C(C)(C)C)CC1. The molecule has 0 saturated carbocycles. The minimum atomic E-state index is -4.36. The molecule has 0 radical (unpaired) electrons. The van der Waals surface area contributed by atoms with Crippen LogP contribution in [0.5, 0.6) is 0 Å². The van der Waals surface area contributed by atoms with Gasteiger partial charge in [-0.05, 0) is 43.6 Å². The summed E-state index contributed by atoms with van der Waals surface area (Å²) < 4.78 is 39.4. The van der Waals surface area contributed by atoms with Crippen LogP contribution in [0.3, 0.4) is 0 Å². The minimum Gasteiger partial charge on any atom is -0.343 e. The normalized spacial score (nSPS) is 21.7. The van der Waals surface area contributed by atoms with Gasteiger partial charge in [-0.25, -0.2) is 0 Å². The number of piperidine rings is 1. The topological polar surface area (TPSA) is 43.9 Å². The van der Waals surface area contributed by atoms with Gasteiger partial charge in [-0.2, -0.15) is 13.2 Å². The highest BCUT2D eigenvalue weighted by Crippen LogP contribution is 2.36. The van der Waals surface area contributed by atoms with Crippen LogP contribution in [0.2, 0.25) is 0 Å². The number of likely N-dealkylation sites (tertiary alicyclic amines) is 1. The minimum absolute atomic E-state index is 0.0393. The maximum absolute atomic E-state index is 13.6. The number of halogens is 3. The van der Waals surface area contributed by atoms with Crippen molar-refractivity contribution in [3.05, 3.63) is 59.2 Å². The van der Waals surface area contributed by atoms with Crippen molar-refractivity contribution < 1.29 is 22.8 Å². The lowest BCUT2D eigenvalue weighted by Crippen LogP contribution is -2.60. The zero-order valence-corrected chi connectivity index (χ0v) is 24.2. The van der Waals surface area contributed by atoms with Crippen molar-refractivity contribution in [1.82, 2.24) is 14.7 Å². The number of carbonyl (C=O) groups excluding carboxylic acids is 2. The van der Waals surface area contributed by atoms with E-state index in [9.17, 15) is 22.8 Å². The number of amides is 2.